The Morgan fingerprint density at radius 3 is 0.603 bits per heavy atom. The minimum atomic E-state index is 0.625. The molecule has 126 heavy (non-hydrogen) atoms. The Morgan fingerprint density at radius 2 is 0.317 bits per heavy atom. The summed E-state index contributed by atoms with van der Waals surface area (Å²) in [6, 6.07) is 165. The minimum absolute atomic E-state index is 0.625. The van der Waals surface area contributed by atoms with Gasteiger partial charge in [-0.15, -0.1) is 0 Å². The third kappa shape index (κ3) is 11.3. The molecule has 8 heteroatoms. The molecule has 0 aliphatic carbocycles. The lowest BCUT2D eigenvalue weighted by Gasteiger charge is -2.14. The van der Waals surface area contributed by atoms with Crippen LogP contribution in [-0.2, 0) is 0 Å². The first-order valence-electron chi connectivity index (χ1n) is 43.2. The molecule has 0 radical (unpaired) electrons. The highest BCUT2D eigenvalue weighted by molar-refractivity contribution is 6.18. The molecule has 7 heterocycles. The van der Waals surface area contributed by atoms with Gasteiger partial charge < -0.3 is 27.4 Å². The van der Waals surface area contributed by atoms with Crippen LogP contribution in [0.1, 0.15) is 0 Å². The predicted molar refractivity (Wildman–Crippen MR) is 526 cm³/mol. The van der Waals surface area contributed by atoms with Gasteiger partial charge in [0.05, 0.1) is 77.6 Å². The van der Waals surface area contributed by atoms with Crippen molar-refractivity contribution in [3.63, 3.8) is 0 Å². The standard InChI is InChI=1S/C118H74N8/c1-6-26-75(27-7-1)104-74-105(84-28-24-38-90(64-84)125-114-60-52-80(76-48-56-110-96(66-76)92-40-16-20-44-106(92)121(110)86-30-8-2-9-31-86)70-100(114)101-71-81(53-61-115(101)125)77-49-57-111-97(67-77)93-41-17-21-45-107(93)122(111)87-32-10-3-11-33-87)120-118(119-104)85-29-25-39-91(65-85)126-116-62-54-82(78-50-58-112-98(68-78)94-42-18-22-46-108(94)123(112)88-34-12-4-13-35-88)72-102(116)103-73-83(55-63-117(103)126)79-51-59-113-99(69-79)95-43-19-23-47-109(95)124(113)89-36-14-5-15-37-89/h1-74H. The molecular formula is C118H74N8. The van der Waals surface area contributed by atoms with Gasteiger partial charge in [-0.05, 0) is 245 Å². The zero-order chi connectivity index (χ0) is 82.6. The Kier molecular flexibility index (Phi) is 15.9. The van der Waals surface area contributed by atoms with Gasteiger partial charge in [0, 0.05) is 115 Å². The predicted octanol–water partition coefficient (Wildman–Crippen LogP) is 30.7. The Balaban J connectivity index is 0.620. The first-order valence-corrected chi connectivity index (χ1v) is 43.2. The van der Waals surface area contributed by atoms with E-state index < -0.39 is 0 Å². The Labute approximate surface area is 724 Å². The van der Waals surface area contributed by atoms with E-state index in [1.54, 1.807) is 0 Å². The number of hydrogen-bond acceptors (Lipinski definition) is 2. The van der Waals surface area contributed by atoms with E-state index in [0.29, 0.717) is 5.82 Å². The summed E-state index contributed by atoms with van der Waals surface area (Å²) in [6.07, 6.45) is 0. The maximum absolute atomic E-state index is 5.68. The number of fused-ring (bicyclic) bond motifs is 18. The molecule has 0 atom stereocenters. The summed E-state index contributed by atoms with van der Waals surface area (Å²) in [5.74, 6) is 0.625. The number of aromatic nitrogens is 8. The van der Waals surface area contributed by atoms with Crippen molar-refractivity contribution in [1.29, 1.82) is 0 Å². The fraction of sp³-hybridized carbons (Fsp3) is 0. The topological polar surface area (TPSA) is 55.4 Å². The summed E-state index contributed by atoms with van der Waals surface area (Å²) in [5, 5.41) is 14.4. The molecule has 0 fully saturated rings. The van der Waals surface area contributed by atoms with Crippen LogP contribution in [0.2, 0.25) is 0 Å². The molecule has 586 valence electrons. The average molecular weight is 1600 g/mol. The fourth-order valence-electron chi connectivity index (χ4n) is 20.4. The van der Waals surface area contributed by atoms with Crippen molar-refractivity contribution < 1.29 is 0 Å². The van der Waals surface area contributed by atoms with Gasteiger partial charge in [-0.3, -0.25) is 0 Å². The largest absolute Gasteiger partial charge is 0.309 e. The van der Waals surface area contributed by atoms with Crippen LogP contribution in [0.25, 0.3) is 243 Å². The summed E-state index contributed by atoms with van der Waals surface area (Å²) in [5.41, 5.74) is 34.1. The normalized spacial score (nSPS) is 12.0. The summed E-state index contributed by atoms with van der Waals surface area (Å²) < 4.78 is 14.4. The first-order chi connectivity index (χ1) is 62.5. The monoisotopic (exact) mass is 1600 g/mol. The van der Waals surface area contributed by atoms with Crippen LogP contribution in [0.3, 0.4) is 0 Å². The van der Waals surface area contributed by atoms with E-state index in [0.717, 1.165) is 150 Å². The highest BCUT2D eigenvalue weighted by Crippen LogP contribution is 2.46. The zero-order valence-electron chi connectivity index (χ0n) is 68.3. The summed E-state index contributed by atoms with van der Waals surface area (Å²) in [7, 11) is 0. The molecule has 0 spiro atoms. The van der Waals surface area contributed by atoms with Crippen molar-refractivity contribution in [2.24, 2.45) is 0 Å². The number of para-hydroxylation sites is 8. The second kappa shape index (κ2) is 28.3. The van der Waals surface area contributed by atoms with E-state index in [4.69, 9.17) is 9.97 Å². The number of benzene rings is 19. The third-order valence-electron chi connectivity index (χ3n) is 26.2. The third-order valence-corrected chi connectivity index (χ3v) is 26.2. The second-order valence-electron chi connectivity index (χ2n) is 33.2. The zero-order valence-corrected chi connectivity index (χ0v) is 68.3. The van der Waals surface area contributed by atoms with Gasteiger partial charge in [-0.25, -0.2) is 9.97 Å². The molecule has 0 aliphatic heterocycles. The quantitative estimate of drug-likeness (QED) is 0.116. The molecule has 0 amide bonds. The van der Waals surface area contributed by atoms with E-state index in [-0.39, 0.29) is 0 Å². The van der Waals surface area contributed by atoms with Gasteiger partial charge in [-0.1, -0.05) is 249 Å². The van der Waals surface area contributed by atoms with Gasteiger partial charge in [0.15, 0.2) is 5.82 Å². The lowest BCUT2D eigenvalue weighted by atomic mass is 9.98. The molecule has 26 rings (SSSR count). The molecule has 0 N–H and O–H groups in total. The van der Waals surface area contributed by atoms with E-state index in [2.05, 4.69) is 476 Å². The number of hydrogen-bond donors (Lipinski definition) is 0. The molecule has 7 aromatic heterocycles. The van der Waals surface area contributed by atoms with Gasteiger partial charge in [-0.2, -0.15) is 0 Å². The molecule has 0 aliphatic rings. The van der Waals surface area contributed by atoms with E-state index >= 15 is 0 Å². The van der Waals surface area contributed by atoms with Crippen molar-refractivity contribution in [2.45, 2.75) is 0 Å². The maximum atomic E-state index is 5.68. The van der Waals surface area contributed by atoms with Crippen molar-refractivity contribution >= 4 is 131 Å². The lowest BCUT2D eigenvalue weighted by molar-refractivity contribution is 1.15. The van der Waals surface area contributed by atoms with E-state index in [1.807, 2.05) is 0 Å². The number of rotatable bonds is 13. The summed E-state index contributed by atoms with van der Waals surface area (Å²) in [4.78, 5) is 11.2. The Morgan fingerprint density at radius 1 is 0.119 bits per heavy atom. The van der Waals surface area contributed by atoms with Crippen molar-refractivity contribution in [3.8, 4) is 113 Å². The molecule has 0 saturated heterocycles. The molecule has 0 saturated carbocycles. The molecule has 0 unspecified atom stereocenters. The second-order valence-corrected chi connectivity index (χ2v) is 33.2. The molecule has 19 aromatic carbocycles. The van der Waals surface area contributed by atoms with E-state index in [1.165, 1.54) is 87.2 Å². The first kappa shape index (κ1) is 70.9. The summed E-state index contributed by atoms with van der Waals surface area (Å²) in [6.45, 7) is 0. The summed E-state index contributed by atoms with van der Waals surface area (Å²) >= 11 is 0. The van der Waals surface area contributed by atoms with Gasteiger partial charge in [0.2, 0.25) is 0 Å². The van der Waals surface area contributed by atoms with Crippen molar-refractivity contribution in [3.05, 3.63) is 449 Å². The van der Waals surface area contributed by atoms with E-state index in [9.17, 15) is 0 Å². The van der Waals surface area contributed by atoms with Crippen LogP contribution >= 0.6 is 0 Å². The lowest BCUT2D eigenvalue weighted by Crippen LogP contribution is -1.99. The van der Waals surface area contributed by atoms with Gasteiger partial charge >= 0.3 is 0 Å². The molecule has 0 bridgehead atoms. The van der Waals surface area contributed by atoms with Crippen LogP contribution in [0.4, 0.5) is 0 Å². The SMILES string of the molecule is c1ccc(-c2cc(-c3cccc(-n4c5ccc(-c6ccc7c(c6)c6ccccc6n7-c6ccccc6)cc5c5cc(-c6ccc7c(c6)c6ccccc6n7-c6ccccc6)ccc54)c3)nc(-c3cccc(-n4c5ccc(-c6ccc7c(c6)c6ccccc6n7-c6ccccc6)cc5c5cc(-c6ccc7c(c6)c6ccccc6n7-c6ccccc6)ccc54)c3)n2)cc1. The Bertz CT molecular complexity index is 8020. The van der Waals surface area contributed by atoms with Crippen molar-refractivity contribution in [2.75, 3.05) is 0 Å². The maximum Gasteiger partial charge on any atom is 0.160 e. The highest BCUT2D eigenvalue weighted by atomic mass is 15.0. The van der Waals surface area contributed by atoms with Crippen LogP contribution in [0.15, 0.2) is 449 Å². The van der Waals surface area contributed by atoms with Gasteiger partial charge in [0.25, 0.3) is 0 Å². The molecule has 26 aromatic rings. The van der Waals surface area contributed by atoms with Crippen LogP contribution in [0.5, 0.6) is 0 Å². The number of nitrogens with zero attached hydrogens (tertiary/aromatic N) is 8. The average Bonchev–Trinajstić information content (AvgIpc) is 1.58. The molecular weight excluding hydrogens is 1530 g/mol. The molecule has 8 nitrogen and oxygen atoms in total. The van der Waals surface area contributed by atoms with Gasteiger partial charge in [0.1, 0.15) is 0 Å². The smallest absolute Gasteiger partial charge is 0.160 e. The van der Waals surface area contributed by atoms with Crippen LogP contribution in [-0.4, -0.2) is 37.4 Å². The minimum Gasteiger partial charge on any atom is -0.309 e. The van der Waals surface area contributed by atoms with Crippen molar-refractivity contribution in [1.82, 2.24) is 37.4 Å². The highest BCUT2D eigenvalue weighted by Gasteiger charge is 2.25. The fourth-order valence-corrected chi connectivity index (χ4v) is 20.4. The Hall–Kier alpha value is -16.9. The van der Waals surface area contributed by atoms with Crippen LogP contribution < -0.4 is 0 Å². The van der Waals surface area contributed by atoms with Crippen LogP contribution in [0, 0.1) is 0 Å².